The number of thiophene rings is 1. The van der Waals surface area contributed by atoms with Crippen LogP contribution in [0.15, 0.2) is 69.9 Å². The molecule has 0 bridgehead atoms. The second-order valence-corrected chi connectivity index (χ2v) is 10.4. The largest absolute Gasteiger partial charge is 0.325 e. The van der Waals surface area contributed by atoms with Crippen molar-refractivity contribution in [3.8, 4) is 11.1 Å². The van der Waals surface area contributed by atoms with Gasteiger partial charge in [-0.15, -0.1) is 11.3 Å². The number of fused-ring (bicyclic) bond motifs is 1. The number of amides is 1. The predicted octanol–water partition coefficient (Wildman–Crippen LogP) is 3.15. The second kappa shape index (κ2) is 8.85. The molecule has 0 atom stereocenters. The van der Waals surface area contributed by atoms with Crippen LogP contribution in [0.3, 0.4) is 0 Å². The molecule has 0 aliphatic heterocycles. The van der Waals surface area contributed by atoms with Crippen LogP contribution in [0.1, 0.15) is 0 Å². The summed E-state index contributed by atoms with van der Waals surface area (Å²) in [5.41, 5.74) is 1.31. The van der Waals surface area contributed by atoms with E-state index in [0.717, 1.165) is 4.31 Å². The number of carbonyl (C=O) groups is 1. The highest BCUT2D eigenvalue weighted by Gasteiger charge is 2.18. The number of nitrogens with one attached hydrogen (secondary N) is 1. The Bertz CT molecular complexity index is 1490. The van der Waals surface area contributed by atoms with Gasteiger partial charge in [0.05, 0.1) is 16.6 Å². The van der Waals surface area contributed by atoms with Gasteiger partial charge in [-0.1, -0.05) is 12.1 Å². The van der Waals surface area contributed by atoms with Gasteiger partial charge in [-0.25, -0.2) is 22.1 Å². The fourth-order valence-corrected chi connectivity index (χ4v) is 5.01. The number of hydrogen-bond donors (Lipinski definition) is 1. The van der Waals surface area contributed by atoms with Gasteiger partial charge in [0.15, 0.2) is 0 Å². The summed E-state index contributed by atoms with van der Waals surface area (Å²) in [6.07, 6.45) is 1.31. The molecule has 2 aromatic carbocycles. The normalized spacial score (nSPS) is 11.8. The lowest BCUT2D eigenvalue weighted by atomic mass is 10.1. The molecule has 4 aromatic rings. The van der Waals surface area contributed by atoms with Gasteiger partial charge in [0.1, 0.15) is 17.2 Å². The molecule has 33 heavy (non-hydrogen) atoms. The third-order valence-corrected chi connectivity index (χ3v) is 7.66. The number of sulfonamides is 1. The van der Waals surface area contributed by atoms with Gasteiger partial charge in [0, 0.05) is 30.7 Å². The van der Waals surface area contributed by atoms with Crippen LogP contribution in [-0.4, -0.2) is 42.3 Å². The van der Waals surface area contributed by atoms with Crippen LogP contribution >= 0.6 is 11.3 Å². The van der Waals surface area contributed by atoms with E-state index in [0.29, 0.717) is 27.0 Å². The summed E-state index contributed by atoms with van der Waals surface area (Å²) in [6, 6.07) is 11.5. The third-order valence-electron chi connectivity index (χ3n) is 4.95. The van der Waals surface area contributed by atoms with E-state index in [2.05, 4.69) is 10.3 Å². The topological polar surface area (TPSA) is 101 Å². The predicted molar refractivity (Wildman–Crippen MR) is 125 cm³/mol. The van der Waals surface area contributed by atoms with E-state index in [1.54, 1.807) is 17.5 Å². The Hall–Kier alpha value is -3.41. The third kappa shape index (κ3) is 4.56. The molecule has 2 heterocycles. The number of halogens is 1. The number of benzene rings is 2. The van der Waals surface area contributed by atoms with Crippen molar-refractivity contribution in [2.24, 2.45) is 0 Å². The van der Waals surface area contributed by atoms with Crippen molar-refractivity contribution in [1.82, 2.24) is 13.9 Å². The van der Waals surface area contributed by atoms with Gasteiger partial charge < -0.3 is 5.32 Å². The van der Waals surface area contributed by atoms with Crippen molar-refractivity contribution in [2.45, 2.75) is 11.4 Å². The lowest BCUT2D eigenvalue weighted by Crippen LogP contribution is -2.27. The van der Waals surface area contributed by atoms with Gasteiger partial charge in [0.2, 0.25) is 15.9 Å². The fraction of sp³-hybridized carbons (Fsp3) is 0.136. The Morgan fingerprint density at radius 2 is 1.79 bits per heavy atom. The summed E-state index contributed by atoms with van der Waals surface area (Å²) < 4.78 is 39.9. The van der Waals surface area contributed by atoms with Gasteiger partial charge in [-0.3, -0.25) is 14.2 Å². The van der Waals surface area contributed by atoms with Crippen molar-refractivity contribution < 1.29 is 17.6 Å². The molecule has 0 aliphatic rings. The van der Waals surface area contributed by atoms with Crippen molar-refractivity contribution >= 4 is 43.2 Å². The molecular weight excluding hydrogens is 467 g/mol. The Kier molecular flexibility index (Phi) is 6.11. The van der Waals surface area contributed by atoms with E-state index in [4.69, 9.17) is 0 Å². The zero-order valence-electron chi connectivity index (χ0n) is 17.6. The van der Waals surface area contributed by atoms with Crippen molar-refractivity contribution in [3.63, 3.8) is 0 Å². The molecule has 0 spiro atoms. The van der Waals surface area contributed by atoms with Crippen LogP contribution in [0.4, 0.5) is 10.1 Å². The van der Waals surface area contributed by atoms with E-state index >= 15 is 0 Å². The molecule has 0 unspecified atom stereocenters. The molecule has 2 aromatic heterocycles. The summed E-state index contributed by atoms with van der Waals surface area (Å²) in [5, 5.41) is 4.79. The number of carbonyl (C=O) groups excluding carboxylic acids is 1. The average molecular weight is 487 g/mol. The van der Waals surface area contributed by atoms with Gasteiger partial charge in [-0.05, 0) is 42.0 Å². The van der Waals surface area contributed by atoms with Gasteiger partial charge in [-0.2, -0.15) is 0 Å². The molecule has 0 fully saturated rings. The van der Waals surface area contributed by atoms with Crippen LogP contribution in [0, 0.1) is 5.82 Å². The fourth-order valence-electron chi connectivity index (χ4n) is 3.20. The quantitative estimate of drug-likeness (QED) is 0.451. The summed E-state index contributed by atoms with van der Waals surface area (Å²) in [7, 11) is -0.708. The van der Waals surface area contributed by atoms with Gasteiger partial charge in [0.25, 0.3) is 5.56 Å². The first-order chi connectivity index (χ1) is 15.7. The Morgan fingerprint density at radius 1 is 1.12 bits per heavy atom. The summed E-state index contributed by atoms with van der Waals surface area (Å²) in [5.74, 6) is -0.849. The molecule has 170 valence electrons. The zero-order valence-corrected chi connectivity index (χ0v) is 19.3. The minimum atomic E-state index is -3.57. The van der Waals surface area contributed by atoms with E-state index in [-0.39, 0.29) is 22.8 Å². The molecule has 0 saturated heterocycles. The molecule has 0 saturated carbocycles. The molecule has 8 nitrogen and oxygen atoms in total. The maximum Gasteiger partial charge on any atom is 0.263 e. The first kappa shape index (κ1) is 22.8. The van der Waals surface area contributed by atoms with Crippen LogP contribution in [0.2, 0.25) is 0 Å². The van der Waals surface area contributed by atoms with E-state index in [9.17, 15) is 22.4 Å². The molecule has 1 N–H and O–H groups in total. The number of rotatable bonds is 6. The highest BCUT2D eigenvalue weighted by atomic mass is 32.2. The van der Waals surface area contributed by atoms with Crippen molar-refractivity contribution in [3.05, 3.63) is 76.4 Å². The van der Waals surface area contributed by atoms with Crippen molar-refractivity contribution in [1.29, 1.82) is 0 Å². The molecular formula is C22H19FN4O4S2. The minimum absolute atomic E-state index is 0.0992. The monoisotopic (exact) mass is 486 g/mol. The smallest absolute Gasteiger partial charge is 0.263 e. The Labute approximate surface area is 193 Å². The SMILES string of the molecule is CN(C)S(=O)(=O)c1ccc(NC(=O)Cn2cnc3scc(-c4ccc(F)cc4)c3c2=O)cc1. The zero-order chi connectivity index (χ0) is 23.8. The van der Waals surface area contributed by atoms with E-state index in [1.165, 1.54) is 72.7 Å². The number of anilines is 1. The lowest BCUT2D eigenvalue weighted by Gasteiger charge is -2.12. The molecule has 4 rings (SSSR count). The molecule has 0 aliphatic carbocycles. The highest BCUT2D eigenvalue weighted by Crippen LogP contribution is 2.30. The minimum Gasteiger partial charge on any atom is -0.325 e. The first-order valence-electron chi connectivity index (χ1n) is 9.72. The second-order valence-electron chi connectivity index (χ2n) is 7.37. The van der Waals surface area contributed by atoms with Crippen LogP contribution < -0.4 is 10.9 Å². The molecule has 0 radical (unpaired) electrons. The maximum absolute atomic E-state index is 13.3. The van der Waals surface area contributed by atoms with E-state index in [1.807, 2.05) is 0 Å². The molecule has 1 amide bonds. The summed E-state index contributed by atoms with van der Waals surface area (Å²) in [4.78, 5) is 30.5. The summed E-state index contributed by atoms with van der Waals surface area (Å²) in [6.45, 7) is -0.280. The lowest BCUT2D eigenvalue weighted by molar-refractivity contribution is -0.116. The van der Waals surface area contributed by atoms with Crippen molar-refractivity contribution in [2.75, 3.05) is 19.4 Å². The van der Waals surface area contributed by atoms with Gasteiger partial charge >= 0.3 is 0 Å². The standard InChI is InChI=1S/C22H19FN4O4S2/c1-26(2)33(30,31)17-9-7-16(8-10-17)25-19(28)11-27-13-24-21-20(22(27)29)18(12-32-21)14-3-5-15(23)6-4-14/h3-10,12-13H,11H2,1-2H3,(H,25,28). The van der Waals surface area contributed by atoms with Crippen LogP contribution in [0.5, 0.6) is 0 Å². The number of aromatic nitrogens is 2. The first-order valence-corrected chi connectivity index (χ1v) is 12.0. The van der Waals surface area contributed by atoms with E-state index < -0.39 is 15.9 Å². The Balaban J connectivity index is 1.56. The Morgan fingerprint density at radius 3 is 2.42 bits per heavy atom. The maximum atomic E-state index is 13.3. The average Bonchev–Trinajstić information content (AvgIpc) is 3.21. The number of hydrogen-bond acceptors (Lipinski definition) is 6. The highest BCUT2D eigenvalue weighted by molar-refractivity contribution is 7.89. The van der Waals surface area contributed by atoms with Crippen LogP contribution in [0.25, 0.3) is 21.3 Å². The van der Waals surface area contributed by atoms with Crippen LogP contribution in [-0.2, 0) is 21.4 Å². The summed E-state index contributed by atoms with van der Waals surface area (Å²) >= 11 is 1.29. The molecule has 11 heteroatoms. The number of nitrogens with zero attached hydrogens (tertiary/aromatic N) is 3.